The Balaban J connectivity index is 4.40. The Bertz CT molecular complexity index is 789. The molecular formula is C37H74NO8P. The quantitative estimate of drug-likeness (QED) is 0.0280. The van der Waals surface area contributed by atoms with Crippen molar-refractivity contribution >= 4 is 19.8 Å². The summed E-state index contributed by atoms with van der Waals surface area (Å²) in [6.07, 6.45) is 27.0. The molecule has 0 N–H and O–H groups in total. The average molecular weight is 692 g/mol. The highest BCUT2D eigenvalue weighted by atomic mass is 31.2. The summed E-state index contributed by atoms with van der Waals surface area (Å²) in [5.74, 6) is -0.828. The minimum Gasteiger partial charge on any atom is -0.756 e. The number of carbonyl (C=O) groups excluding carboxylic acids is 2. The van der Waals surface area contributed by atoms with Crippen molar-refractivity contribution in [2.75, 3.05) is 47.5 Å². The van der Waals surface area contributed by atoms with Gasteiger partial charge in [0, 0.05) is 12.8 Å². The topological polar surface area (TPSA) is 111 Å². The number of phosphoric acid groups is 1. The number of carbonyl (C=O) groups is 2. The van der Waals surface area contributed by atoms with E-state index in [1.807, 2.05) is 21.1 Å². The van der Waals surface area contributed by atoms with Crippen molar-refractivity contribution < 1.29 is 42.1 Å². The Labute approximate surface area is 289 Å². The molecular weight excluding hydrogens is 617 g/mol. The van der Waals surface area contributed by atoms with Crippen molar-refractivity contribution in [2.45, 2.75) is 180 Å². The van der Waals surface area contributed by atoms with Gasteiger partial charge in [-0.3, -0.25) is 14.2 Å². The van der Waals surface area contributed by atoms with Crippen LogP contribution in [0.25, 0.3) is 0 Å². The summed E-state index contributed by atoms with van der Waals surface area (Å²) in [6.45, 7) is 4.21. The molecule has 1 unspecified atom stereocenters. The second-order valence-electron chi connectivity index (χ2n) is 14.3. The Kier molecular flexibility index (Phi) is 30.4. The number of phosphoric ester groups is 1. The van der Waals surface area contributed by atoms with Crippen LogP contribution in [0.4, 0.5) is 0 Å². The lowest BCUT2D eigenvalue weighted by atomic mass is 10.0. The van der Waals surface area contributed by atoms with Crippen molar-refractivity contribution in [2.24, 2.45) is 0 Å². The number of hydrogen-bond donors (Lipinski definition) is 0. The van der Waals surface area contributed by atoms with Crippen LogP contribution in [-0.2, 0) is 32.7 Å². The number of quaternary nitrogens is 1. The third-order valence-electron chi connectivity index (χ3n) is 8.38. The zero-order valence-corrected chi connectivity index (χ0v) is 32.1. The van der Waals surface area contributed by atoms with E-state index in [1.165, 1.54) is 109 Å². The van der Waals surface area contributed by atoms with E-state index in [0.29, 0.717) is 17.4 Å². The SMILES string of the molecule is CCCCCCCCCCCCCCCC(=O)OC[C@H](COP(=O)([O-])OCC[N+](C)(C)C)OC(=O)CCCCCCCCCCCC. The van der Waals surface area contributed by atoms with Crippen molar-refractivity contribution in [1.82, 2.24) is 0 Å². The summed E-state index contributed by atoms with van der Waals surface area (Å²) in [7, 11) is 1.18. The highest BCUT2D eigenvalue weighted by molar-refractivity contribution is 7.45. The molecule has 0 aliphatic heterocycles. The minimum absolute atomic E-state index is 0.0262. The van der Waals surface area contributed by atoms with Gasteiger partial charge in [0.2, 0.25) is 0 Å². The van der Waals surface area contributed by atoms with Gasteiger partial charge in [0.05, 0.1) is 27.7 Å². The van der Waals surface area contributed by atoms with Crippen LogP contribution in [0.15, 0.2) is 0 Å². The van der Waals surface area contributed by atoms with Gasteiger partial charge in [0.25, 0.3) is 7.82 Å². The third kappa shape index (κ3) is 34.7. The smallest absolute Gasteiger partial charge is 0.306 e. The first-order valence-corrected chi connectivity index (χ1v) is 20.7. The molecule has 0 bridgehead atoms. The normalized spacial score (nSPS) is 13.7. The van der Waals surface area contributed by atoms with Crippen molar-refractivity contribution in [3.05, 3.63) is 0 Å². The predicted molar refractivity (Wildman–Crippen MR) is 190 cm³/mol. The molecule has 0 aliphatic rings. The van der Waals surface area contributed by atoms with Gasteiger partial charge in [-0.05, 0) is 12.8 Å². The molecule has 0 aromatic rings. The Morgan fingerprint density at radius 1 is 0.574 bits per heavy atom. The maximum atomic E-state index is 12.6. The molecule has 2 atom stereocenters. The molecule has 9 nitrogen and oxygen atoms in total. The number of esters is 2. The van der Waals surface area contributed by atoms with E-state index in [2.05, 4.69) is 13.8 Å². The molecule has 0 rings (SSSR count). The van der Waals surface area contributed by atoms with Gasteiger partial charge in [-0.1, -0.05) is 149 Å². The Morgan fingerprint density at radius 2 is 0.957 bits per heavy atom. The van der Waals surface area contributed by atoms with Crippen molar-refractivity contribution in [3.8, 4) is 0 Å². The van der Waals surface area contributed by atoms with Crippen LogP contribution >= 0.6 is 7.82 Å². The van der Waals surface area contributed by atoms with Gasteiger partial charge in [-0.2, -0.15) is 0 Å². The van der Waals surface area contributed by atoms with E-state index in [-0.39, 0.29) is 32.0 Å². The van der Waals surface area contributed by atoms with Crippen LogP contribution in [0.3, 0.4) is 0 Å². The van der Waals surface area contributed by atoms with Gasteiger partial charge in [-0.25, -0.2) is 0 Å². The van der Waals surface area contributed by atoms with E-state index in [9.17, 15) is 19.0 Å². The van der Waals surface area contributed by atoms with Crippen LogP contribution < -0.4 is 4.89 Å². The van der Waals surface area contributed by atoms with Crippen molar-refractivity contribution in [1.29, 1.82) is 0 Å². The third-order valence-corrected chi connectivity index (χ3v) is 9.34. The molecule has 0 saturated heterocycles. The minimum atomic E-state index is -4.61. The second-order valence-corrected chi connectivity index (χ2v) is 15.7. The number of unbranched alkanes of at least 4 members (excludes halogenated alkanes) is 21. The zero-order valence-electron chi connectivity index (χ0n) is 31.2. The molecule has 0 amide bonds. The molecule has 0 saturated carbocycles. The molecule has 0 fully saturated rings. The summed E-state index contributed by atoms with van der Waals surface area (Å²) in [5.41, 5.74) is 0. The van der Waals surface area contributed by atoms with Gasteiger partial charge in [0.15, 0.2) is 6.10 Å². The highest BCUT2D eigenvalue weighted by Crippen LogP contribution is 2.38. The molecule has 0 spiro atoms. The second kappa shape index (κ2) is 31.0. The van der Waals surface area contributed by atoms with Crippen molar-refractivity contribution in [3.63, 3.8) is 0 Å². The maximum absolute atomic E-state index is 12.6. The van der Waals surface area contributed by atoms with Gasteiger partial charge >= 0.3 is 11.9 Å². The Hall–Kier alpha value is -0.990. The first-order valence-electron chi connectivity index (χ1n) is 19.2. The number of likely N-dealkylation sites (N-methyl/N-ethyl adjacent to an activating group) is 1. The van der Waals surface area contributed by atoms with Crippen LogP contribution in [0, 0.1) is 0 Å². The van der Waals surface area contributed by atoms with Gasteiger partial charge < -0.3 is 27.9 Å². The van der Waals surface area contributed by atoms with E-state index in [4.69, 9.17) is 18.5 Å². The number of nitrogens with zero attached hydrogens (tertiary/aromatic N) is 1. The predicted octanol–water partition coefficient (Wildman–Crippen LogP) is 9.44. The lowest BCUT2D eigenvalue weighted by molar-refractivity contribution is -0.870. The molecule has 47 heavy (non-hydrogen) atoms. The number of hydrogen-bond acceptors (Lipinski definition) is 8. The fraction of sp³-hybridized carbons (Fsp3) is 0.946. The van der Waals surface area contributed by atoms with Gasteiger partial charge in [0.1, 0.15) is 19.8 Å². The lowest BCUT2D eigenvalue weighted by Crippen LogP contribution is -2.37. The molecule has 0 heterocycles. The van der Waals surface area contributed by atoms with E-state index in [1.54, 1.807) is 0 Å². The van der Waals surface area contributed by atoms with Crippen LogP contribution in [0.2, 0.25) is 0 Å². The maximum Gasteiger partial charge on any atom is 0.306 e. The summed E-state index contributed by atoms with van der Waals surface area (Å²) >= 11 is 0. The molecule has 280 valence electrons. The number of rotatable bonds is 35. The summed E-state index contributed by atoms with van der Waals surface area (Å²) < 4.78 is 33.7. The monoisotopic (exact) mass is 692 g/mol. The van der Waals surface area contributed by atoms with Crippen LogP contribution in [0.1, 0.15) is 174 Å². The largest absolute Gasteiger partial charge is 0.756 e. The average Bonchev–Trinajstić information content (AvgIpc) is 3.01. The Morgan fingerprint density at radius 3 is 1.36 bits per heavy atom. The van der Waals surface area contributed by atoms with E-state index < -0.39 is 26.5 Å². The van der Waals surface area contributed by atoms with E-state index >= 15 is 0 Å². The summed E-state index contributed by atoms with van der Waals surface area (Å²) in [5, 5.41) is 0. The standard InChI is InChI=1S/C37H74NO8P/c1-6-8-10-12-14-16-18-19-20-22-23-25-27-29-36(39)43-33-35(34-45-47(41,42)44-32-31-38(3,4)5)46-37(40)30-28-26-24-21-17-15-13-11-9-7-2/h35H,6-34H2,1-5H3/t35-/m1/s1. The fourth-order valence-electron chi connectivity index (χ4n) is 5.30. The highest BCUT2D eigenvalue weighted by Gasteiger charge is 2.21. The van der Waals surface area contributed by atoms with Crippen LogP contribution in [-0.4, -0.2) is 70.0 Å². The lowest BCUT2D eigenvalue weighted by Gasteiger charge is -2.28. The summed E-state index contributed by atoms with van der Waals surface area (Å²) in [4.78, 5) is 37.2. The number of ether oxygens (including phenoxy) is 2. The fourth-order valence-corrected chi connectivity index (χ4v) is 6.03. The van der Waals surface area contributed by atoms with Crippen LogP contribution in [0.5, 0.6) is 0 Å². The molecule has 0 aliphatic carbocycles. The molecule has 10 heteroatoms. The molecule has 0 aromatic heterocycles. The summed E-state index contributed by atoms with van der Waals surface area (Å²) in [6, 6.07) is 0. The zero-order chi connectivity index (χ0) is 35.1. The molecule has 0 aromatic carbocycles. The van der Waals surface area contributed by atoms with Gasteiger partial charge in [-0.15, -0.1) is 0 Å². The molecule has 0 radical (unpaired) electrons. The van der Waals surface area contributed by atoms with E-state index in [0.717, 1.165) is 32.1 Å². The first-order chi connectivity index (χ1) is 22.5. The first kappa shape index (κ1) is 46.0.